The van der Waals surface area contributed by atoms with Gasteiger partial charge in [-0.2, -0.15) is 0 Å². The van der Waals surface area contributed by atoms with E-state index < -0.39 is 0 Å². The minimum Gasteiger partial charge on any atom is -0.453 e. The Hall–Kier alpha value is -6.06. The van der Waals surface area contributed by atoms with E-state index in [0.717, 1.165) is 39.9 Å². The molecule has 0 aromatic heterocycles. The minimum atomic E-state index is -0.277. The van der Waals surface area contributed by atoms with Crippen LogP contribution in [-0.4, -0.2) is 0 Å². The van der Waals surface area contributed by atoms with Crippen LogP contribution < -0.4 is 14.5 Å². The summed E-state index contributed by atoms with van der Waals surface area (Å²) in [4.78, 5) is 4.88. The van der Waals surface area contributed by atoms with E-state index in [1.54, 1.807) is 0 Å². The average molecular weight is 673 g/mol. The molecule has 0 N–H and O–H groups in total. The highest BCUT2D eigenvalue weighted by Crippen LogP contribution is 2.61. The van der Waals surface area contributed by atoms with Crippen molar-refractivity contribution >= 4 is 34.1 Å². The molecule has 1 aliphatic carbocycles. The molecular weight excluding hydrogens is 633 g/mol. The van der Waals surface area contributed by atoms with Crippen molar-refractivity contribution in [3.8, 4) is 33.8 Å². The Morgan fingerprint density at radius 2 is 1.04 bits per heavy atom. The quantitative estimate of drug-likeness (QED) is 0.185. The first-order valence-electron chi connectivity index (χ1n) is 18.3. The predicted octanol–water partition coefficient (Wildman–Crippen LogP) is 13.7. The summed E-state index contributed by atoms with van der Waals surface area (Å²) in [5.41, 5.74) is 18.0. The number of fused-ring (bicyclic) bond motifs is 7. The number of nitrogens with zero attached hydrogens (tertiary/aromatic N) is 2. The average Bonchev–Trinajstić information content (AvgIpc) is 3.40. The zero-order chi connectivity index (χ0) is 35.4. The fourth-order valence-electron chi connectivity index (χ4n) is 9.03. The number of para-hydroxylation sites is 2. The van der Waals surface area contributed by atoms with E-state index in [4.69, 9.17) is 4.74 Å². The normalized spacial score (nSPS) is 15.1. The van der Waals surface area contributed by atoms with Crippen molar-refractivity contribution in [3.05, 3.63) is 179 Å². The van der Waals surface area contributed by atoms with E-state index in [-0.39, 0.29) is 10.8 Å². The highest BCUT2D eigenvalue weighted by Gasteiger charge is 2.42. The molecule has 10 rings (SSSR count). The summed E-state index contributed by atoms with van der Waals surface area (Å²) >= 11 is 0. The Morgan fingerprint density at radius 3 is 1.83 bits per heavy atom. The van der Waals surface area contributed by atoms with Crippen molar-refractivity contribution in [1.82, 2.24) is 0 Å². The second-order valence-corrected chi connectivity index (χ2v) is 15.5. The predicted molar refractivity (Wildman–Crippen MR) is 216 cm³/mol. The van der Waals surface area contributed by atoms with Crippen LogP contribution in [0.2, 0.25) is 0 Å². The number of hydrogen-bond acceptors (Lipinski definition) is 3. The molecule has 2 aliphatic heterocycles. The Bertz CT molecular complexity index is 2560. The van der Waals surface area contributed by atoms with E-state index in [1.807, 2.05) is 0 Å². The first kappa shape index (κ1) is 30.7. The van der Waals surface area contributed by atoms with Crippen LogP contribution >= 0.6 is 0 Å². The van der Waals surface area contributed by atoms with Gasteiger partial charge >= 0.3 is 0 Å². The van der Waals surface area contributed by atoms with Gasteiger partial charge in [0, 0.05) is 27.9 Å². The van der Waals surface area contributed by atoms with Crippen molar-refractivity contribution in [2.24, 2.45) is 0 Å². The van der Waals surface area contributed by atoms with Gasteiger partial charge in [0.25, 0.3) is 0 Å². The van der Waals surface area contributed by atoms with E-state index in [0.29, 0.717) is 0 Å². The smallest absolute Gasteiger partial charge is 0.151 e. The lowest BCUT2D eigenvalue weighted by Crippen LogP contribution is -2.33. The van der Waals surface area contributed by atoms with Crippen molar-refractivity contribution in [2.45, 2.75) is 45.4 Å². The van der Waals surface area contributed by atoms with Crippen molar-refractivity contribution < 1.29 is 4.74 Å². The second kappa shape index (κ2) is 11.0. The number of hydrogen-bond donors (Lipinski definition) is 0. The molecule has 0 bridgehead atoms. The molecule has 3 nitrogen and oxygen atoms in total. The largest absolute Gasteiger partial charge is 0.453 e. The number of benzene rings is 7. The first-order valence-corrected chi connectivity index (χ1v) is 18.3. The molecule has 0 unspecified atom stereocenters. The second-order valence-electron chi connectivity index (χ2n) is 15.5. The number of ether oxygens (including phenoxy) is 1. The van der Waals surface area contributed by atoms with Gasteiger partial charge in [-0.1, -0.05) is 125 Å². The van der Waals surface area contributed by atoms with Crippen molar-refractivity contribution in [3.63, 3.8) is 0 Å². The maximum atomic E-state index is 6.56. The van der Waals surface area contributed by atoms with Crippen molar-refractivity contribution in [1.29, 1.82) is 0 Å². The number of aryl methyl sites for hydroxylation is 1. The Labute approximate surface area is 306 Å². The molecule has 0 radical (unpaired) electrons. The van der Waals surface area contributed by atoms with Gasteiger partial charge in [0.05, 0.1) is 17.1 Å². The van der Waals surface area contributed by atoms with Crippen molar-refractivity contribution in [2.75, 3.05) is 9.80 Å². The summed E-state index contributed by atoms with van der Waals surface area (Å²) in [7, 11) is 0. The third kappa shape index (κ3) is 4.32. The number of anilines is 6. The summed E-state index contributed by atoms with van der Waals surface area (Å²) in [6.07, 6.45) is 0. The maximum Gasteiger partial charge on any atom is 0.151 e. The molecule has 0 fully saturated rings. The zero-order valence-corrected chi connectivity index (χ0v) is 30.2. The van der Waals surface area contributed by atoms with Crippen LogP contribution in [-0.2, 0) is 10.8 Å². The first-order chi connectivity index (χ1) is 25.2. The molecule has 0 saturated heterocycles. The zero-order valence-electron chi connectivity index (χ0n) is 30.2. The molecule has 252 valence electrons. The van der Waals surface area contributed by atoms with E-state index in [2.05, 4.69) is 196 Å². The monoisotopic (exact) mass is 672 g/mol. The topological polar surface area (TPSA) is 15.7 Å². The third-order valence-corrected chi connectivity index (χ3v) is 11.8. The van der Waals surface area contributed by atoms with Gasteiger partial charge in [-0.25, -0.2) is 0 Å². The highest BCUT2D eigenvalue weighted by atomic mass is 16.5. The molecule has 7 aromatic carbocycles. The van der Waals surface area contributed by atoms with Crippen LogP contribution in [0.3, 0.4) is 0 Å². The molecule has 7 aromatic rings. The molecule has 0 amide bonds. The van der Waals surface area contributed by atoms with Gasteiger partial charge in [-0.3, -0.25) is 0 Å². The van der Waals surface area contributed by atoms with E-state index in [9.17, 15) is 0 Å². The molecule has 52 heavy (non-hydrogen) atoms. The van der Waals surface area contributed by atoms with E-state index in [1.165, 1.54) is 55.8 Å². The van der Waals surface area contributed by atoms with Gasteiger partial charge < -0.3 is 14.5 Å². The maximum absolute atomic E-state index is 6.56. The van der Waals surface area contributed by atoms with Crippen LogP contribution in [0.15, 0.2) is 152 Å². The Morgan fingerprint density at radius 1 is 0.462 bits per heavy atom. The third-order valence-electron chi connectivity index (χ3n) is 11.8. The lowest BCUT2D eigenvalue weighted by molar-refractivity contribution is 0.471. The van der Waals surface area contributed by atoms with Crippen LogP contribution in [0.5, 0.6) is 11.5 Å². The summed E-state index contributed by atoms with van der Waals surface area (Å²) in [5.74, 6) is 1.79. The molecule has 0 saturated carbocycles. The van der Waals surface area contributed by atoms with Gasteiger partial charge in [-0.15, -0.1) is 0 Å². The summed E-state index contributed by atoms with van der Waals surface area (Å²) < 4.78 is 6.56. The Balaban J connectivity index is 1.17. The molecule has 2 heterocycles. The molecular formula is C49H40N2O. The minimum absolute atomic E-state index is 0.106. The highest BCUT2D eigenvalue weighted by molar-refractivity contribution is 5.95. The van der Waals surface area contributed by atoms with Gasteiger partial charge in [0.2, 0.25) is 0 Å². The standard InChI is InChI=1S/C49H40N2O/c1-31-13-11-19-44-46(31)51-43-28-26-36(30-42(43)49(4,5)40-18-12-20-45(52-44)47(40)51)50(34-23-21-33(22-24-34)32-14-7-6-8-15-32)35-25-27-38-37-16-9-10-17-39(37)48(2,3)41(38)29-35/h6-30H,1-5H3. The molecule has 0 spiro atoms. The van der Waals surface area contributed by atoms with Crippen LogP contribution in [0.1, 0.15) is 55.5 Å². The molecule has 3 aliphatic rings. The van der Waals surface area contributed by atoms with Gasteiger partial charge in [-0.05, 0) is 112 Å². The molecule has 0 atom stereocenters. The SMILES string of the molecule is Cc1cccc2c1N1c3ccc(N(c4ccc(-c5ccccc5)cc4)c4ccc5c(c4)C(C)(C)c4ccccc4-5)cc3C(C)(C)c3cccc(c31)O2. The van der Waals surface area contributed by atoms with Gasteiger partial charge in [0.15, 0.2) is 11.5 Å². The van der Waals surface area contributed by atoms with Crippen LogP contribution in [0.25, 0.3) is 22.3 Å². The summed E-state index contributed by atoms with van der Waals surface area (Å²) in [6.45, 7) is 11.6. The lowest BCUT2D eigenvalue weighted by Gasteiger charge is -2.45. The Kier molecular flexibility index (Phi) is 6.48. The molecule has 3 heteroatoms. The summed E-state index contributed by atoms with van der Waals surface area (Å²) in [5, 5.41) is 0. The van der Waals surface area contributed by atoms with Crippen LogP contribution in [0, 0.1) is 6.92 Å². The van der Waals surface area contributed by atoms with E-state index >= 15 is 0 Å². The fourth-order valence-corrected chi connectivity index (χ4v) is 9.03. The lowest BCUT2D eigenvalue weighted by atomic mass is 9.73. The van der Waals surface area contributed by atoms with Gasteiger partial charge in [0.1, 0.15) is 0 Å². The summed E-state index contributed by atoms with van der Waals surface area (Å²) in [6, 6.07) is 55.5. The number of rotatable bonds is 4. The van der Waals surface area contributed by atoms with Crippen LogP contribution in [0.4, 0.5) is 34.1 Å². The fraction of sp³-hybridized carbons (Fsp3) is 0.143.